The number of nitro groups is 1. The first kappa shape index (κ1) is 13.8. The molecule has 1 N–H and O–H groups in total. The third-order valence-corrected chi connectivity index (χ3v) is 2.85. The smallest absolute Gasteiger partial charge is 0.345 e. The summed E-state index contributed by atoms with van der Waals surface area (Å²) in [7, 11) is 1.60. The van der Waals surface area contributed by atoms with Gasteiger partial charge in [0.1, 0.15) is 12.0 Å². The van der Waals surface area contributed by atoms with Crippen LogP contribution in [0.4, 0.5) is 11.4 Å². The molecule has 0 aliphatic heterocycles. The molecule has 1 aromatic heterocycles. The molecule has 0 amide bonds. The number of nitrogens with zero attached hydrogens (tertiary/aromatic N) is 4. The summed E-state index contributed by atoms with van der Waals surface area (Å²) in [4.78, 5) is 22.3. The van der Waals surface area contributed by atoms with Crippen LogP contribution in [0.5, 0.6) is 0 Å². The van der Waals surface area contributed by atoms with Gasteiger partial charge in [-0.1, -0.05) is 6.07 Å². The molecule has 0 radical (unpaired) electrons. The van der Waals surface area contributed by atoms with Crippen LogP contribution in [0.3, 0.4) is 0 Å². The Morgan fingerprint density at radius 2 is 2.20 bits per heavy atom. The lowest BCUT2D eigenvalue weighted by Crippen LogP contribution is -2.23. The summed E-state index contributed by atoms with van der Waals surface area (Å²) in [6, 6.07) is 4.84. The van der Waals surface area contributed by atoms with E-state index in [0.29, 0.717) is 17.8 Å². The molecule has 0 unspecified atom stereocenters. The molecule has 0 bridgehead atoms. The van der Waals surface area contributed by atoms with Crippen molar-refractivity contribution >= 4 is 11.4 Å². The van der Waals surface area contributed by atoms with Gasteiger partial charge in [-0.05, 0) is 18.6 Å². The Kier molecular flexibility index (Phi) is 3.83. The molecule has 0 saturated heterocycles. The Balaban J connectivity index is 2.34. The number of aromatic nitrogens is 3. The van der Waals surface area contributed by atoms with Crippen molar-refractivity contribution in [3.05, 3.63) is 50.7 Å². The summed E-state index contributed by atoms with van der Waals surface area (Å²) in [6.45, 7) is 2.66. The molecule has 0 saturated carbocycles. The van der Waals surface area contributed by atoms with Gasteiger partial charge in [-0.25, -0.2) is 9.48 Å². The van der Waals surface area contributed by atoms with Crippen LogP contribution in [0.1, 0.15) is 12.5 Å². The summed E-state index contributed by atoms with van der Waals surface area (Å²) in [5, 5.41) is 17.9. The Hall–Kier alpha value is -2.64. The summed E-state index contributed by atoms with van der Waals surface area (Å²) < 4.78 is 2.60. The van der Waals surface area contributed by atoms with Gasteiger partial charge in [-0.3, -0.25) is 14.7 Å². The van der Waals surface area contributed by atoms with Crippen molar-refractivity contribution in [2.24, 2.45) is 7.05 Å². The summed E-state index contributed by atoms with van der Waals surface area (Å²) >= 11 is 0. The van der Waals surface area contributed by atoms with Crippen LogP contribution in [0.2, 0.25) is 0 Å². The molecular formula is C12H15N5O3. The molecular weight excluding hydrogens is 262 g/mol. The number of hydrogen-bond donors (Lipinski definition) is 1. The molecule has 2 rings (SSSR count). The van der Waals surface area contributed by atoms with Gasteiger partial charge in [-0.15, -0.1) is 0 Å². The van der Waals surface area contributed by atoms with Gasteiger partial charge in [0.25, 0.3) is 5.69 Å². The minimum atomic E-state index is -0.442. The average molecular weight is 277 g/mol. The zero-order valence-electron chi connectivity index (χ0n) is 11.2. The third kappa shape index (κ3) is 2.68. The predicted molar refractivity (Wildman–Crippen MR) is 73.8 cm³/mol. The van der Waals surface area contributed by atoms with Crippen LogP contribution in [0.25, 0.3) is 0 Å². The van der Waals surface area contributed by atoms with Crippen molar-refractivity contribution in [2.75, 3.05) is 11.9 Å². The second kappa shape index (κ2) is 5.55. The fourth-order valence-corrected chi connectivity index (χ4v) is 1.87. The Labute approximate surface area is 114 Å². The van der Waals surface area contributed by atoms with Gasteiger partial charge in [-0.2, -0.15) is 5.10 Å². The van der Waals surface area contributed by atoms with E-state index in [0.717, 1.165) is 0 Å². The van der Waals surface area contributed by atoms with E-state index in [4.69, 9.17) is 0 Å². The van der Waals surface area contributed by atoms with Crippen LogP contribution >= 0.6 is 0 Å². The second-order valence-electron chi connectivity index (χ2n) is 4.32. The maximum atomic E-state index is 11.7. The van der Waals surface area contributed by atoms with Crippen molar-refractivity contribution in [1.82, 2.24) is 14.3 Å². The highest BCUT2D eigenvalue weighted by Gasteiger charge is 2.14. The monoisotopic (exact) mass is 277 g/mol. The SMILES string of the molecule is CCNc1ccc(Cn2ncn(C)c2=O)cc1[N+](=O)[O-]. The number of aryl methyl sites for hydroxylation is 1. The lowest BCUT2D eigenvalue weighted by molar-refractivity contribution is -0.384. The van der Waals surface area contributed by atoms with Crippen LogP contribution in [-0.2, 0) is 13.6 Å². The van der Waals surface area contributed by atoms with E-state index in [1.807, 2.05) is 6.92 Å². The Morgan fingerprint density at radius 1 is 1.45 bits per heavy atom. The molecule has 0 aliphatic rings. The first-order valence-electron chi connectivity index (χ1n) is 6.12. The van der Waals surface area contributed by atoms with Crippen LogP contribution in [-0.4, -0.2) is 25.8 Å². The molecule has 0 aliphatic carbocycles. The summed E-state index contributed by atoms with van der Waals surface area (Å²) in [5.74, 6) is 0. The fourth-order valence-electron chi connectivity index (χ4n) is 1.87. The van der Waals surface area contributed by atoms with Crippen molar-refractivity contribution in [2.45, 2.75) is 13.5 Å². The summed E-state index contributed by atoms with van der Waals surface area (Å²) in [5.41, 5.74) is 0.852. The molecule has 1 aromatic carbocycles. The molecule has 0 atom stereocenters. The van der Waals surface area contributed by atoms with Crippen molar-refractivity contribution in [1.29, 1.82) is 0 Å². The van der Waals surface area contributed by atoms with E-state index in [9.17, 15) is 14.9 Å². The second-order valence-corrected chi connectivity index (χ2v) is 4.32. The van der Waals surface area contributed by atoms with E-state index < -0.39 is 4.92 Å². The largest absolute Gasteiger partial charge is 0.380 e. The zero-order chi connectivity index (χ0) is 14.7. The number of rotatable bonds is 5. The van der Waals surface area contributed by atoms with Crippen molar-refractivity contribution in [3.8, 4) is 0 Å². The normalized spacial score (nSPS) is 10.5. The molecule has 20 heavy (non-hydrogen) atoms. The van der Waals surface area contributed by atoms with Gasteiger partial charge in [0.15, 0.2) is 0 Å². The van der Waals surface area contributed by atoms with E-state index in [2.05, 4.69) is 10.4 Å². The Morgan fingerprint density at radius 3 is 2.75 bits per heavy atom. The standard InChI is InChI=1S/C12H15N5O3/c1-3-13-10-5-4-9(6-11(10)17(19)20)7-16-12(18)15(2)8-14-16/h4-6,8,13H,3,7H2,1-2H3. The van der Waals surface area contributed by atoms with Gasteiger partial charge in [0, 0.05) is 19.7 Å². The third-order valence-electron chi connectivity index (χ3n) is 2.85. The number of nitro benzene ring substituents is 1. The fraction of sp³-hybridized carbons (Fsp3) is 0.333. The van der Waals surface area contributed by atoms with E-state index in [1.54, 1.807) is 19.2 Å². The zero-order valence-corrected chi connectivity index (χ0v) is 11.2. The number of nitrogens with one attached hydrogen (secondary N) is 1. The quantitative estimate of drug-likeness (QED) is 0.649. The van der Waals surface area contributed by atoms with Crippen LogP contribution in [0, 0.1) is 10.1 Å². The Bertz CT molecular complexity index is 689. The molecule has 1 heterocycles. The lowest BCUT2D eigenvalue weighted by atomic mass is 10.1. The molecule has 106 valence electrons. The van der Waals surface area contributed by atoms with Gasteiger partial charge in [0.2, 0.25) is 0 Å². The van der Waals surface area contributed by atoms with Crippen molar-refractivity contribution < 1.29 is 4.92 Å². The van der Waals surface area contributed by atoms with E-state index in [1.165, 1.54) is 21.6 Å². The van der Waals surface area contributed by atoms with Gasteiger partial charge < -0.3 is 5.32 Å². The topological polar surface area (TPSA) is 95.0 Å². The van der Waals surface area contributed by atoms with E-state index >= 15 is 0 Å². The summed E-state index contributed by atoms with van der Waals surface area (Å²) in [6.07, 6.45) is 1.41. The van der Waals surface area contributed by atoms with Gasteiger partial charge in [0.05, 0.1) is 11.5 Å². The first-order chi connectivity index (χ1) is 9.52. The highest BCUT2D eigenvalue weighted by Crippen LogP contribution is 2.25. The minimum Gasteiger partial charge on any atom is -0.380 e. The molecule has 0 fully saturated rings. The van der Waals surface area contributed by atoms with Crippen molar-refractivity contribution in [3.63, 3.8) is 0 Å². The maximum Gasteiger partial charge on any atom is 0.345 e. The average Bonchev–Trinajstić information content (AvgIpc) is 2.72. The molecule has 8 heteroatoms. The molecule has 0 spiro atoms. The molecule has 2 aromatic rings. The maximum absolute atomic E-state index is 11.7. The van der Waals surface area contributed by atoms with Crippen LogP contribution < -0.4 is 11.0 Å². The van der Waals surface area contributed by atoms with Gasteiger partial charge >= 0.3 is 5.69 Å². The minimum absolute atomic E-state index is 0.00618. The number of benzene rings is 1. The highest BCUT2D eigenvalue weighted by atomic mass is 16.6. The first-order valence-corrected chi connectivity index (χ1v) is 6.12. The van der Waals surface area contributed by atoms with E-state index in [-0.39, 0.29) is 17.9 Å². The highest BCUT2D eigenvalue weighted by molar-refractivity contribution is 5.62. The lowest BCUT2D eigenvalue weighted by Gasteiger charge is -2.06. The molecule has 8 nitrogen and oxygen atoms in total. The number of anilines is 1. The predicted octanol–water partition coefficient (Wildman–Crippen LogP) is 0.970. The van der Waals surface area contributed by atoms with Crippen LogP contribution in [0.15, 0.2) is 29.3 Å². The number of hydrogen-bond acceptors (Lipinski definition) is 5.